The zero-order chi connectivity index (χ0) is 16.7. The van der Waals surface area contributed by atoms with Crippen molar-refractivity contribution in [2.45, 2.75) is 26.8 Å². The summed E-state index contributed by atoms with van der Waals surface area (Å²) in [5.74, 6) is 0.658. The highest BCUT2D eigenvalue weighted by atomic mass is 19.1. The monoisotopic (exact) mass is 323 g/mol. The van der Waals surface area contributed by atoms with E-state index < -0.39 is 11.6 Å². The maximum Gasteiger partial charge on any atom is 0.228 e. The van der Waals surface area contributed by atoms with Gasteiger partial charge in [-0.05, 0) is 32.0 Å². The maximum atomic E-state index is 13.6. The second-order valence-corrected chi connectivity index (χ2v) is 4.84. The second kappa shape index (κ2) is 8.21. The van der Waals surface area contributed by atoms with Gasteiger partial charge in [-0.3, -0.25) is 0 Å². The Hall–Kier alpha value is -2.51. The van der Waals surface area contributed by atoms with Crippen molar-refractivity contribution in [2.24, 2.45) is 4.99 Å². The Morgan fingerprint density at radius 2 is 2.13 bits per heavy atom. The number of hydrogen-bond acceptors (Lipinski definition) is 4. The highest BCUT2D eigenvalue weighted by Crippen LogP contribution is 2.10. The first-order chi connectivity index (χ1) is 11.1. The summed E-state index contributed by atoms with van der Waals surface area (Å²) in [6, 6.07) is 3.32. The van der Waals surface area contributed by atoms with E-state index in [1.54, 1.807) is 6.92 Å². The number of benzene rings is 1. The van der Waals surface area contributed by atoms with Gasteiger partial charge in [-0.25, -0.2) is 13.8 Å². The number of halogens is 2. The molecular weight excluding hydrogens is 304 g/mol. The molecule has 6 nitrogen and oxygen atoms in total. The third-order valence-corrected chi connectivity index (χ3v) is 2.96. The molecule has 0 radical (unpaired) electrons. The van der Waals surface area contributed by atoms with E-state index in [1.807, 2.05) is 6.92 Å². The lowest BCUT2D eigenvalue weighted by atomic mass is 10.2. The molecular formula is C15H19F2N5O. The van der Waals surface area contributed by atoms with Crippen LogP contribution in [0.4, 0.5) is 8.78 Å². The zero-order valence-corrected chi connectivity index (χ0v) is 13.1. The minimum atomic E-state index is -0.485. The van der Waals surface area contributed by atoms with Gasteiger partial charge in [0.15, 0.2) is 11.8 Å². The number of hydrogen-bond donors (Lipinski definition) is 2. The van der Waals surface area contributed by atoms with Gasteiger partial charge in [-0.1, -0.05) is 5.16 Å². The van der Waals surface area contributed by atoms with E-state index in [-0.39, 0.29) is 12.1 Å². The molecule has 0 aliphatic rings. The molecule has 0 spiro atoms. The number of nitrogens with one attached hydrogen (secondary N) is 2. The number of nitrogens with zero attached hydrogens (tertiary/aromatic N) is 3. The standard InChI is InChI=1S/C15H19F2N5O/c1-3-18-15(19-7-6-14-21-10(2)22-23-14)20-9-11-8-12(16)4-5-13(11)17/h4-5,8H,3,6-7,9H2,1-2H3,(H2,18,19,20). The van der Waals surface area contributed by atoms with Crippen LogP contribution in [-0.2, 0) is 13.0 Å². The first-order valence-corrected chi connectivity index (χ1v) is 7.33. The van der Waals surface area contributed by atoms with Crippen LogP contribution in [0.25, 0.3) is 0 Å². The molecule has 0 unspecified atom stereocenters. The summed E-state index contributed by atoms with van der Waals surface area (Å²) in [5, 5.41) is 9.82. The topological polar surface area (TPSA) is 75.3 Å². The summed E-state index contributed by atoms with van der Waals surface area (Å²) < 4.78 is 31.7. The molecule has 0 bridgehead atoms. The molecule has 1 heterocycles. The van der Waals surface area contributed by atoms with Crippen molar-refractivity contribution in [1.82, 2.24) is 20.8 Å². The van der Waals surface area contributed by atoms with Gasteiger partial charge in [0.25, 0.3) is 0 Å². The number of aromatic nitrogens is 2. The van der Waals surface area contributed by atoms with E-state index in [1.165, 1.54) is 0 Å². The molecule has 0 saturated heterocycles. The fraction of sp³-hybridized carbons (Fsp3) is 0.400. The first-order valence-electron chi connectivity index (χ1n) is 7.33. The normalized spacial score (nSPS) is 11.6. The van der Waals surface area contributed by atoms with Crippen molar-refractivity contribution in [1.29, 1.82) is 0 Å². The summed E-state index contributed by atoms with van der Waals surface area (Å²) in [4.78, 5) is 8.34. The van der Waals surface area contributed by atoms with E-state index >= 15 is 0 Å². The van der Waals surface area contributed by atoms with Crippen molar-refractivity contribution in [3.8, 4) is 0 Å². The lowest BCUT2D eigenvalue weighted by molar-refractivity contribution is 0.374. The molecule has 8 heteroatoms. The van der Waals surface area contributed by atoms with Gasteiger partial charge in [0, 0.05) is 25.1 Å². The van der Waals surface area contributed by atoms with Crippen LogP contribution >= 0.6 is 0 Å². The Labute approximate surface area is 133 Å². The third kappa shape index (κ3) is 5.32. The van der Waals surface area contributed by atoms with E-state index in [4.69, 9.17) is 4.52 Å². The number of aliphatic imine (C=N–C) groups is 1. The predicted octanol–water partition coefficient (Wildman–Crippen LogP) is 1.95. The predicted molar refractivity (Wildman–Crippen MR) is 81.9 cm³/mol. The van der Waals surface area contributed by atoms with Crippen molar-refractivity contribution >= 4 is 5.96 Å². The minimum Gasteiger partial charge on any atom is -0.357 e. The van der Waals surface area contributed by atoms with Crippen LogP contribution in [0.2, 0.25) is 0 Å². The highest BCUT2D eigenvalue weighted by molar-refractivity contribution is 5.79. The van der Waals surface area contributed by atoms with E-state index in [2.05, 4.69) is 25.8 Å². The van der Waals surface area contributed by atoms with Gasteiger partial charge in [0.1, 0.15) is 11.6 Å². The van der Waals surface area contributed by atoms with Crippen molar-refractivity contribution in [3.63, 3.8) is 0 Å². The Balaban J connectivity index is 1.92. The van der Waals surface area contributed by atoms with Gasteiger partial charge >= 0.3 is 0 Å². The van der Waals surface area contributed by atoms with Crippen molar-refractivity contribution in [3.05, 3.63) is 47.1 Å². The summed E-state index contributed by atoms with van der Waals surface area (Å²) in [6.07, 6.45) is 0.541. The average Bonchev–Trinajstić information content (AvgIpc) is 2.93. The minimum absolute atomic E-state index is 0.0403. The van der Waals surface area contributed by atoms with Gasteiger partial charge in [0.2, 0.25) is 5.89 Å². The number of aryl methyl sites for hydroxylation is 1. The molecule has 0 aliphatic carbocycles. The van der Waals surface area contributed by atoms with Gasteiger partial charge in [-0.15, -0.1) is 0 Å². The fourth-order valence-electron chi connectivity index (χ4n) is 1.90. The number of guanidine groups is 1. The molecule has 0 atom stereocenters. The molecule has 0 amide bonds. The summed E-state index contributed by atoms with van der Waals surface area (Å²) >= 11 is 0. The number of rotatable bonds is 6. The molecule has 1 aromatic heterocycles. The molecule has 23 heavy (non-hydrogen) atoms. The molecule has 2 rings (SSSR count). The fourth-order valence-corrected chi connectivity index (χ4v) is 1.90. The molecule has 124 valence electrons. The van der Waals surface area contributed by atoms with Crippen LogP contribution in [0.3, 0.4) is 0 Å². The molecule has 0 saturated carbocycles. The lowest BCUT2D eigenvalue weighted by Crippen LogP contribution is -2.38. The highest BCUT2D eigenvalue weighted by Gasteiger charge is 2.05. The lowest BCUT2D eigenvalue weighted by Gasteiger charge is -2.10. The molecule has 1 aromatic carbocycles. The van der Waals surface area contributed by atoms with Crippen LogP contribution in [0.5, 0.6) is 0 Å². The van der Waals surface area contributed by atoms with E-state index in [9.17, 15) is 8.78 Å². The third-order valence-electron chi connectivity index (χ3n) is 2.96. The Bertz CT molecular complexity index is 672. The Kier molecular flexibility index (Phi) is 6.02. The summed E-state index contributed by atoms with van der Waals surface area (Å²) in [6.45, 7) is 4.88. The SMILES string of the molecule is CCNC(=NCc1cc(F)ccc1F)NCCc1nc(C)no1. The Morgan fingerprint density at radius 1 is 1.30 bits per heavy atom. The van der Waals surface area contributed by atoms with Gasteiger partial charge in [-0.2, -0.15) is 4.98 Å². The summed E-state index contributed by atoms with van der Waals surface area (Å²) in [5.41, 5.74) is 0.203. The van der Waals surface area contributed by atoms with Crippen LogP contribution in [0.1, 0.15) is 24.2 Å². The molecule has 0 aliphatic heterocycles. The Morgan fingerprint density at radius 3 is 2.83 bits per heavy atom. The molecule has 2 N–H and O–H groups in total. The van der Waals surface area contributed by atoms with Crippen LogP contribution in [0, 0.1) is 18.6 Å². The zero-order valence-electron chi connectivity index (χ0n) is 13.1. The second-order valence-electron chi connectivity index (χ2n) is 4.84. The van der Waals surface area contributed by atoms with Crippen molar-refractivity contribution in [2.75, 3.05) is 13.1 Å². The van der Waals surface area contributed by atoms with Gasteiger partial charge in [0.05, 0.1) is 6.54 Å². The molecule has 2 aromatic rings. The van der Waals surface area contributed by atoms with E-state index in [0.717, 1.165) is 18.2 Å². The smallest absolute Gasteiger partial charge is 0.228 e. The van der Waals surface area contributed by atoms with Crippen LogP contribution in [0.15, 0.2) is 27.7 Å². The van der Waals surface area contributed by atoms with Crippen molar-refractivity contribution < 1.29 is 13.3 Å². The quantitative estimate of drug-likeness (QED) is 0.628. The first kappa shape index (κ1) is 16.9. The van der Waals surface area contributed by atoms with E-state index in [0.29, 0.717) is 37.2 Å². The largest absolute Gasteiger partial charge is 0.357 e. The summed E-state index contributed by atoms with van der Waals surface area (Å²) in [7, 11) is 0. The average molecular weight is 323 g/mol. The maximum absolute atomic E-state index is 13.6. The van der Waals surface area contributed by atoms with Crippen LogP contribution < -0.4 is 10.6 Å². The van der Waals surface area contributed by atoms with Crippen LogP contribution in [-0.4, -0.2) is 29.2 Å². The van der Waals surface area contributed by atoms with Gasteiger partial charge < -0.3 is 15.2 Å². The molecule has 0 fully saturated rings.